The zero-order valence-electron chi connectivity index (χ0n) is 14.8. The number of benzene rings is 1. The molecule has 0 saturated carbocycles. The first kappa shape index (κ1) is 17.7. The summed E-state index contributed by atoms with van der Waals surface area (Å²) in [7, 11) is 0. The minimum atomic E-state index is -0.276. The van der Waals surface area contributed by atoms with Crippen molar-refractivity contribution >= 4 is 28.5 Å². The highest BCUT2D eigenvalue weighted by atomic mass is 35.5. The van der Waals surface area contributed by atoms with Gasteiger partial charge in [-0.1, -0.05) is 36.6 Å². The number of likely N-dealkylation sites (tertiary alicyclic amines) is 1. The minimum absolute atomic E-state index is 0.000946. The Morgan fingerprint density at radius 2 is 1.85 bits per heavy atom. The molecule has 1 amide bonds. The fourth-order valence-corrected chi connectivity index (χ4v) is 3.64. The summed E-state index contributed by atoms with van der Waals surface area (Å²) in [5, 5.41) is 5.15. The molecule has 1 aromatic carbocycles. The summed E-state index contributed by atoms with van der Waals surface area (Å²) in [6.07, 6.45) is 7.22. The van der Waals surface area contributed by atoms with Crippen LogP contribution in [0.15, 0.2) is 41.6 Å². The molecule has 0 unspecified atom stereocenters. The van der Waals surface area contributed by atoms with E-state index in [1.165, 1.54) is 17.1 Å². The Kier molecular flexibility index (Phi) is 4.94. The molecule has 7 nitrogen and oxygen atoms in total. The number of carbonyl (C=O) groups is 1. The summed E-state index contributed by atoms with van der Waals surface area (Å²) in [6, 6.07) is 7.23. The zero-order chi connectivity index (χ0) is 18.8. The van der Waals surface area contributed by atoms with Gasteiger partial charge in [-0.15, -0.1) is 0 Å². The van der Waals surface area contributed by atoms with Crippen LogP contribution < -0.4 is 5.56 Å². The number of rotatable bonds is 3. The molecule has 0 spiro atoms. The van der Waals surface area contributed by atoms with Gasteiger partial charge in [0.15, 0.2) is 5.65 Å². The van der Waals surface area contributed by atoms with Crippen molar-refractivity contribution in [1.82, 2.24) is 24.2 Å². The van der Waals surface area contributed by atoms with Crippen molar-refractivity contribution in [2.24, 2.45) is 0 Å². The molecule has 140 valence electrons. The van der Waals surface area contributed by atoms with Crippen molar-refractivity contribution < 1.29 is 4.79 Å². The maximum absolute atomic E-state index is 12.8. The van der Waals surface area contributed by atoms with Gasteiger partial charge < -0.3 is 4.90 Å². The molecule has 1 saturated heterocycles. The fourth-order valence-electron chi connectivity index (χ4n) is 3.43. The summed E-state index contributed by atoms with van der Waals surface area (Å²) in [4.78, 5) is 31.6. The largest absolute Gasteiger partial charge is 0.341 e. The lowest BCUT2D eigenvalue weighted by Gasteiger charge is -2.20. The van der Waals surface area contributed by atoms with E-state index in [0.717, 1.165) is 38.8 Å². The van der Waals surface area contributed by atoms with Gasteiger partial charge in [-0.2, -0.15) is 5.10 Å². The van der Waals surface area contributed by atoms with Crippen LogP contribution in [-0.2, 0) is 11.3 Å². The van der Waals surface area contributed by atoms with E-state index in [9.17, 15) is 9.59 Å². The van der Waals surface area contributed by atoms with Gasteiger partial charge in [0.1, 0.15) is 18.3 Å². The van der Waals surface area contributed by atoms with Gasteiger partial charge in [0.25, 0.3) is 5.56 Å². The normalized spacial score (nSPS) is 15.1. The average Bonchev–Trinajstić information content (AvgIpc) is 2.91. The number of carbonyl (C=O) groups excluding carboxylic acids is 1. The van der Waals surface area contributed by atoms with Gasteiger partial charge in [0, 0.05) is 13.1 Å². The molecule has 0 atom stereocenters. The number of halogens is 1. The summed E-state index contributed by atoms with van der Waals surface area (Å²) in [5.41, 5.74) is 0.799. The number of nitrogens with zero attached hydrogens (tertiary/aromatic N) is 5. The minimum Gasteiger partial charge on any atom is -0.341 e. The molecular formula is C19H20ClN5O2. The summed E-state index contributed by atoms with van der Waals surface area (Å²) in [5.74, 6) is -0.0429. The molecule has 0 N–H and O–H groups in total. The predicted molar refractivity (Wildman–Crippen MR) is 103 cm³/mol. The van der Waals surface area contributed by atoms with Crippen LogP contribution in [0, 0.1) is 0 Å². The lowest BCUT2D eigenvalue weighted by molar-refractivity contribution is -0.131. The highest BCUT2D eigenvalue weighted by molar-refractivity contribution is 6.32. The average molecular weight is 386 g/mol. The summed E-state index contributed by atoms with van der Waals surface area (Å²) >= 11 is 6.23. The highest BCUT2D eigenvalue weighted by Gasteiger charge is 2.18. The van der Waals surface area contributed by atoms with Gasteiger partial charge in [-0.25, -0.2) is 9.67 Å². The van der Waals surface area contributed by atoms with E-state index < -0.39 is 0 Å². The van der Waals surface area contributed by atoms with Crippen LogP contribution in [0.2, 0.25) is 5.02 Å². The topological polar surface area (TPSA) is 73.0 Å². The maximum atomic E-state index is 12.8. The van der Waals surface area contributed by atoms with E-state index in [1.807, 2.05) is 23.1 Å². The molecule has 2 aromatic heterocycles. The van der Waals surface area contributed by atoms with E-state index in [2.05, 4.69) is 10.1 Å². The molecule has 3 aromatic rings. The standard InChI is InChI=1S/C19H20ClN5O2/c20-15-7-3-4-8-16(15)25-18-14(11-22-25)19(27)24(13-21-18)12-17(26)23-9-5-1-2-6-10-23/h3-4,7-8,11,13H,1-2,5-6,9-10,12H2. The monoisotopic (exact) mass is 385 g/mol. The molecule has 27 heavy (non-hydrogen) atoms. The van der Waals surface area contributed by atoms with Crippen LogP contribution in [0.5, 0.6) is 0 Å². The van der Waals surface area contributed by atoms with Crippen molar-refractivity contribution in [3.8, 4) is 5.69 Å². The first-order valence-corrected chi connectivity index (χ1v) is 9.49. The van der Waals surface area contributed by atoms with Gasteiger partial charge in [-0.3, -0.25) is 14.2 Å². The second kappa shape index (κ2) is 7.52. The summed E-state index contributed by atoms with van der Waals surface area (Å²) < 4.78 is 2.90. The highest BCUT2D eigenvalue weighted by Crippen LogP contribution is 2.21. The van der Waals surface area contributed by atoms with Crippen molar-refractivity contribution in [3.05, 3.63) is 52.2 Å². The van der Waals surface area contributed by atoms with Crippen LogP contribution in [0.1, 0.15) is 25.7 Å². The Bertz CT molecular complexity index is 1030. The van der Waals surface area contributed by atoms with Gasteiger partial charge in [0.05, 0.1) is 16.9 Å². The number of para-hydroxylation sites is 1. The van der Waals surface area contributed by atoms with Crippen molar-refractivity contribution in [2.45, 2.75) is 32.2 Å². The molecule has 1 aliphatic heterocycles. The Morgan fingerprint density at radius 3 is 2.59 bits per heavy atom. The molecule has 0 aliphatic carbocycles. The molecule has 0 bridgehead atoms. The van der Waals surface area contributed by atoms with E-state index in [4.69, 9.17) is 11.6 Å². The number of amides is 1. The molecule has 1 fully saturated rings. The van der Waals surface area contributed by atoms with Gasteiger partial charge in [-0.05, 0) is 25.0 Å². The third-order valence-electron chi connectivity index (χ3n) is 4.90. The van der Waals surface area contributed by atoms with Crippen LogP contribution in [0.4, 0.5) is 0 Å². The Morgan fingerprint density at radius 1 is 1.11 bits per heavy atom. The van der Waals surface area contributed by atoms with Crippen LogP contribution >= 0.6 is 11.6 Å². The van der Waals surface area contributed by atoms with Crippen molar-refractivity contribution in [1.29, 1.82) is 0 Å². The lowest BCUT2D eigenvalue weighted by Crippen LogP contribution is -2.37. The van der Waals surface area contributed by atoms with Gasteiger partial charge >= 0.3 is 0 Å². The zero-order valence-corrected chi connectivity index (χ0v) is 15.6. The number of aromatic nitrogens is 4. The van der Waals surface area contributed by atoms with Crippen molar-refractivity contribution in [2.75, 3.05) is 13.1 Å². The number of fused-ring (bicyclic) bond motifs is 1. The first-order chi connectivity index (χ1) is 13.1. The summed E-state index contributed by atoms with van der Waals surface area (Å²) in [6.45, 7) is 1.51. The van der Waals surface area contributed by atoms with E-state index >= 15 is 0 Å². The molecule has 8 heteroatoms. The van der Waals surface area contributed by atoms with E-state index in [-0.39, 0.29) is 18.0 Å². The lowest BCUT2D eigenvalue weighted by atomic mass is 10.2. The third-order valence-corrected chi connectivity index (χ3v) is 5.22. The molecule has 3 heterocycles. The molecule has 0 radical (unpaired) electrons. The predicted octanol–water partition coefficient (Wildman–Crippen LogP) is 2.64. The molecule has 4 rings (SSSR count). The number of hydrogen-bond donors (Lipinski definition) is 0. The fraction of sp³-hybridized carbons (Fsp3) is 0.368. The number of hydrogen-bond acceptors (Lipinski definition) is 4. The van der Waals surface area contributed by atoms with Gasteiger partial charge in [0.2, 0.25) is 5.91 Å². The Balaban J connectivity index is 1.64. The first-order valence-electron chi connectivity index (χ1n) is 9.11. The molecular weight excluding hydrogens is 366 g/mol. The van der Waals surface area contributed by atoms with Crippen LogP contribution in [0.25, 0.3) is 16.7 Å². The quantitative estimate of drug-likeness (QED) is 0.694. The van der Waals surface area contributed by atoms with Crippen molar-refractivity contribution in [3.63, 3.8) is 0 Å². The smallest absolute Gasteiger partial charge is 0.264 e. The third kappa shape index (κ3) is 3.47. The van der Waals surface area contributed by atoms with Crippen LogP contribution in [-0.4, -0.2) is 43.2 Å². The van der Waals surface area contributed by atoms with Crippen LogP contribution in [0.3, 0.4) is 0 Å². The maximum Gasteiger partial charge on any atom is 0.264 e. The van der Waals surface area contributed by atoms with E-state index in [0.29, 0.717) is 21.7 Å². The Labute approximate surface area is 161 Å². The molecule has 1 aliphatic rings. The SMILES string of the molecule is O=C(Cn1cnc2c(cnn2-c2ccccc2Cl)c1=O)N1CCCCCC1. The second-order valence-electron chi connectivity index (χ2n) is 6.72. The second-order valence-corrected chi connectivity index (χ2v) is 7.12. The van der Waals surface area contributed by atoms with E-state index in [1.54, 1.807) is 10.7 Å². The Hall–Kier alpha value is -2.67.